The molecule has 0 aliphatic heterocycles. The van der Waals surface area contributed by atoms with E-state index < -0.39 is 0 Å². The number of hydrogen-bond acceptors (Lipinski definition) is 3. The zero-order valence-electron chi connectivity index (χ0n) is 10.4. The Labute approximate surface area is 101 Å². The van der Waals surface area contributed by atoms with Gasteiger partial charge >= 0.3 is 0 Å². The van der Waals surface area contributed by atoms with Crippen LogP contribution in [0.25, 0.3) is 11.0 Å². The number of hydrogen-bond donors (Lipinski definition) is 1. The predicted molar refractivity (Wildman–Crippen MR) is 69.3 cm³/mol. The highest BCUT2D eigenvalue weighted by molar-refractivity contribution is 5.85. The topological polar surface area (TPSA) is 46.9 Å². The summed E-state index contributed by atoms with van der Waals surface area (Å²) in [6, 6.07) is 7.66. The number of para-hydroxylation sites is 2. The molecular formula is C13H17N3O. The van der Waals surface area contributed by atoms with Crippen LogP contribution in [-0.4, -0.2) is 21.9 Å². The molecule has 0 aliphatic carbocycles. The van der Waals surface area contributed by atoms with Gasteiger partial charge in [0.2, 0.25) is 5.95 Å². The molecule has 0 fully saturated rings. The van der Waals surface area contributed by atoms with Gasteiger partial charge in [0.05, 0.1) is 17.1 Å². The van der Waals surface area contributed by atoms with E-state index in [1.54, 1.807) is 6.92 Å². The normalized spacial score (nSPS) is 12.6. The van der Waals surface area contributed by atoms with Gasteiger partial charge in [0.1, 0.15) is 0 Å². The average Bonchev–Trinajstić information content (AvgIpc) is 2.66. The van der Waals surface area contributed by atoms with E-state index in [1.165, 1.54) is 0 Å². The van der Waals surface area contributed by atoms with Crippen molar-refractivity contribution in [2.45, 2.75) is 26.8 Å². The van der Waals surface area contributed by atoms with Crippen molar-refractivity contribution < 1.29 is 4.79 Å². The highest BCUT2D eigenvalue weighted by atomic mass is 16.1. The van der Waals surface area contributed by atoms with Gasteiger partial charge < -0.3 is 9.88 Å². The van der Waals surface area contributed by atoms with Crippen LogP contribution in [0.3, 0.4) is 0 Å². The van der Waals surface area contributed by atoms with Crippen LogP contribution in [0.15, 0.2) is 24.3 Å². The van der Waals surface area contributed by atoms with Crippen molar-refractivity contribution in [2.75, 3.05) is 11.9 Å². The number of aromatic nitrogens is 2. The lowest BCUT2D eigenvalue weighted by molar-refractivity contribution is -0.119. The quantitative estimate of drug-likeness (QED) is 0.879. The van der Waals surface area contributed by atoms with Gasteiger partial charge in [-0.1, -0.05) is 12.1 Å². The first kappa shape index (κ1) is 11.6. The number of carbonyl (C=O) groups is 1. The molecule has 1 atom stereocenters. The van der Waals surface area contributed by atoms with Gasteiger partial charge in [-0.2, -0.15) is 0 Å². The van der Waals surface area contributed by atoms with Crippen LogP contribution in [0.1, 0.15) is 26.8 Å². The average molecular weight is 231 g/mol. The molecule has 2 aromatic rings. The third-order valence-corrected chi connectivity index (χ3v) is 2.91. The third-order valence-electron chi connectivity index (χ3n) is 2.91. The second-order valence-corrected chi connectivity index (χ2v) is 4.11. The summed E-state index contributed by atoms with van der Waals surface area (Å²) in [6.45, 7) is 6.31. The Kier molecular flexibility index (Phi) is 3.13. The Bertz CT molecular complexity index is 545. The predicted octanol–water partition coefficient (Wildman–Crippen LogP) is 2.62. The van der Waals surface area contributed by atoms with Crippen LogP contribution >= 0.6 is 0 Å². The molecule has 4 nitrogen and oxygen atoms in total. The number of rotatable bonds is 4. The van der Waals surface area contributed by atoms with Gasteiger partial charge in [-0.3, -0.25) is 4.79 Å². The summed E-state index contributed by atoms with van der Waals surface area (Å²) in [5, 5.41) is 3.20. The fraction of sp³-hybridized carbons (Fsp3) is 0.385. The molecule has 1 unspecified atom stereocenters. The molecule has 0 saturated heterocycles. The summed E-state index contributed by atoms with van der Waals surface area (Å²) in [5.74, 6) is 0.892. The fourth-order valence-corrected chi connectivity index (χ4v) is 1.90. The zero-order chi connectivity index (χ0) is 12.4. The Morgan fingerprint density at radius 1 is 1.47 bits per heavy atom. The van der Waals surface area contributed by atoms with E-state index in [2.05, 4.69) is 10.3 Å². The van der Waals surface area contributed by atoms with E-state index in [4.69, 9.17) is 0 Å². The van der Waals surface area contributed by atoms with Crippen molar-refractivity contribution in [1.82, 2.24) is 9.55 Å². The Morgan fingerprint density at radius 3 is 2.82 bits per heavy atom. The lowest BCUT2D eigenvalue weighted by Gasteiger charge is -2.14. The maximum atomic E-state index is 11.6. The van der Waals surface area contributed by atoms with Crippen molar-refractivity contribution in [3.8, 4) is 0 Å². The number of anilines is 1. The van der Waals surface area contributed by atoms with Crippen LogP contribution in [-0.2, 0) is 4.79 Å². The molecule has 1 aromatic carbocycles. The minimum Gasteiger partial charge on any atom is -0.356 e. The van der Waals surface area contributed by atoms with Crippen LogP contribution < -0.4 is 5.32 Å². The minimum atomic E-state index is -0.198. The second-order valence-electron chi connectivity index (χ2n) is 4.11. The SMILES string of the molecule is CCNc1nc2ccccc2n1C(C)C(C)=O. The van der Waals surface area contributed by atoms with E-state index in [-0.39, 0.29) is 11.8 Å². The molecule has 2 rings (SSSR count). The molecule has 0 aliphatic rings. The van der Waals surface area contributed by atoms with Gasteiger partial charge in [-0.15, -0.1) is 0 Å². The van der Waals surface area contributed by atoms with Crippen LogP contribution in [0.5, 0.6) is 0 Å². The van der Waals surface area contributed by atoms with Gasteiger partial charge in [-0.25, -0.2) is 4.98 Å². The highest BCUT2D eigenvalue weighted by Gasteiger charge is 2.17. The Morgan fingerprint density at radius 2 is 2.18 bits per heavy atom. The van der Waals surface area contributed by atoms with Crippen LogP contribution in [0, 0.1) is 0 Å². The van der Waals surface area contributed by atoms with Gasteiger partial charge in [0.25, 0.3) is 0 Å². The number of carbonyl (C=O) groups excluding carboxylic acids is 1. The largest absolute Gasteiger partial charge is 0.356 e. The molecule has 90 valence electrons. The lowest BCUT2D eigenvalue weighted by Crippen LogP contribution is -2.16. The minimum absolute atomic E-state index is 0.132. The van der Waals surface area contributed by atoms with Crippen LogP contribution in [0.2, 0.25) is 0 Å². The molecule has 0 radical (unpaired) electrons. The fourth-order valence-electron chi connectivity index (χ4n) is 1.90. The van der Waals surface area contributed by atoms with E-state index >= 15 is 0 Å². The Hall–Kier alpha value is -1.84. The molecule has 0 saturated carbocycles. The van der Waals surface area contributed by atoms with E-state index in [0.29, 0.717) is 0 Å². The number of ketones is 1. The summed E-state index contributed by atoms with van der Waals surface area (Å²) in [5.41, 5.74) is 1.91. The van der Waals surface area contributed by atoms with Crippen LogP contribution in [0.4, 0.5) is 5.95 Å². The molecular weight excluding hydrogens is 214 g/mol. The Balaban J connectivity index is 2.63. The second kappa shape index (κ2) is 4.57. The summed E-state index contributed by atoms with van der Waals surface area (Å²) in [4.78, 5) is 16.1. The van der Waals surface area contributed by atoms with Gasteiger partial charge in [0.15, 0.2) is 5.78 Å². The summed E-state index contributed by atoms with van der Waals surface area (Å²) in [7, 11) is 0. The molecule has 1 heterocycles. The number of benzene rings is 1. The molecule has 0 amide bonds. The van der Waals surface area contributed by atoms with E-state index in [1.807, 2.05) is 42.7 Å². The monoisotopic (exact) mass is 231 g/mol. The molecule has 0 bridgehead atoms. The lowest BCUT2D eigenvalue weighted by atomic mass is 10.2. The van der Waals surface area contributed by atoms with Crippen molar-refractivity contribution >= 4 is 22.8 Å². The maximum absolute atomic E-state index is 11.6. The maximum Gasteiger partial charge on any atom is 0.204 e. The molecule has 1 aromatic heterocycles. The van der Waals surface area contributed by atoms with Crippen molar-refractivity contribution in [1.29, 1.82) is 0 Å². The molecule has 1 N–H and O–H groups in total. The number of fused-ring (bicyclic) bond motifs is 1. The summed E-state index contributed by atoms with van der Waals surface area (Å²) >= 11 is 0. The van der Waals surface area contributed by atoms with Crippen molar-refractivity contribution in [2.24, 2.45) is 0 Å². The number of nitrogens with zero attached hydrogens (tertiary/aromatic N) is 2. The number of nitrogens with one attached hydrogen (secondary N) is 1. The third kappa shape index (κ3) is 2.02. The molecule has 0 spiro atoms. The summed E-state index contributed by atoms with van der Waals surface area (Å²) < 4.78 is 1.96. The number of Topliss-reactive ketones (excluding diaryl/α,β-unsaturated/α-hetero) is 1. The standard InChI is InChI=1S/C13H17N3O/c1-4-14-13-15-11-7-5-6-8-12(11)16(13)9(2)10(3)17/h5-9H,4H2,1-3H3,(H,14,15). The van der Waals surface area contributed by atoms with Gasteiger partial charge in [0, 0.05) is 6.54 Å². The smallest absolute Gasteiger partial charge is 0.204 e. The first-order chi connectivity index (χ1) is 8.15. The van der Waals surface area contributed by atoms with Crippen molar-refractivity contribution in [3.63, 3.8) is 0 Å². The van der Waals surface area contributed by atoms with Gasteiger partial charge in [-0.05, 0) is 32.9 Å². The number of imidazole rings is 1. The molecule has 17 heavy (non-hydrogen) atoms. The van der Waals surface area contributed by atoms with Crippen molar-refractivity contribution in [3.05, 3.63) is 24.3 Å². The molecule has 4 heteroatoms. The first-order valence-electron chi connectivity index (χ1n) is 5.86. The van der Waals surface area contributed by atoms with E-state index in [9.17, 15) is 4.79 Å². The first-order valence-corrected chi connectivity index (χ1v) is 5.86. The highest BCUT2D eigenvalue weighted by Crippen LogP contribution is 2.24. The van der Waals surface area contributed by atoms with E-state index in [0.717, 1.165) is 23.5 Å². The zero-order valence-corrected chi connectivity index (χ0v) is 10.4. The summed E-state index contributed by atoms with van der Waals surface area (Å²) in [6.07, 6.45) is 0.